The van der Waals surface area contributed by atoms with Crippen LogP contribution in [0, 0.1) is 0 Å². The lowest BCUT2D eigenvalue weighted by Crippen LogP contribution is -2.64. The van der Waals surface area contributed by atoms with Crippen LogP contribution in [-0.4, -0.2) is 127 Å². The Morgan fingerprint density at radius 1 is 0.795 bits per heavy atom. The van der Waals surface area contributed by atoms with E-state index < -0.39 is 74.0 Å². The van der Waals surface area contributed by atoms with E-state index in [0.29, 0.717) is 11.1 Å². The molecule has 2 aromatic rings. The highest BCUT2D eigenvalue weighted by Crippen LogP contribution is 2.31. The van der Waals surface area contributed by atoms with Gasteiger partial charge in [0.25, 0.3) is 0 Å². The van der Waals surface area contributed by atoms with Crippen molar-refractivity contribution in [2.45, 2.75) is 74.8 Å². The summed E-state index contributed by atoms with van der Waals surface area (Å²) >= 11 is 0. The lowest BCUT2D eigenvalue weighted by Gasteiger charge is -2.45. The van der Waals surface area contributed by atoms with Gasteiger partial charge in [0.15, 0.2) is 35.6 Å². The Kier molecular flexibility index (Phi) is 11.0. The summed E-state index contributed by atoms with van der Waals surface area (Å²) in [7, 11) is 0. The van der Waals surface area contributed by atoms with Gasteiger partial charge in [-0.1, -0.05) is 12.1 Å². The van der Waals surface area contributed by atoms with Crippen molar-refractivity contribution in [1.29, 1.82) is 0 Å². The van der Waals surface area contributed by atoms with Gasteiger partial charge >= 0.3 is 5.97 Å². The molecule has 15 heteroatoms. The third kappa shape index (κ3) is 7.95. The molecule has 10 atom stereocenters. The Labute approximate surface area is 251 Å². The largest absolute Gasteiger partial charge is 0.504 e. The van der Waals surface area contributed by atoms with Crippen LogP contribution in [0.25, 0.3) is 6.08 Å². The monoisotopic (exact) mass is 624 g/mol. The number of hydrogen-bond acceptors (Lipinski definition) is 15. The lowest BCUT2D eigenvalue weighted by atomic mass is 9.97. The van der Waals surface area contributed by atoms with Crippen molar-refractivity contribution < 1.29 is 74.4 Å². The van der Waals surface area contributed by atoms with Gasteiger partial charge in [0, 0.05) is 6.08 Å². The summed E-state index contributed by atoms with van der Waals surface area (Å²) in [6.45, 7) is 0.804. The molecule has 44 heavy (non-hydrogen) atoms. The van der Waals surface area contributed by atoms with Crippen molar-refractivity contribution >= 4 is 12.0 Å². The van der Waals surface area contributed by atoms with Gasteiger partial charge in [-0.15, -0.1) is 0 Å². The molecule has 242 valence electrons. The van der Waals surface area contributed by atoms with Crippen LogP contribution in [0.3, 0.4) is 0 Å². The molecule has 0 amide bonds. The van der Waals surface area contributed by atoms with E-state index >= 15 is 0 Å². The van der Waals surface area contributed by atoms with Crippen LogP contribution < -0.4 is 0 Å². The number of carbonyl (C=O) groups is 1. The summed E-state index contributed by atoms with van der Waals surface area (Å²) in [5.41, 5.74) is 0.962. The molecule has 15 nitrogen and oxygen atoms in total. The second-order valence-electron chi connectivity index (χ2n) is 10.5. The maximum Gasteiger partial charge on any atom is 0.330 e. The number of aliphatic hydroxyl groups is 5. The number of aromatic hydroxyl groups is 4. The van der Waals surface area contributed by atoms with E-state index in [0.717, 1.165) is 6.08 Å². The quantitative estimate of drug-likeness (QED) is 0.0873. The summed E-state index contributed by atoms with van der Waals surface area (Å²) in [5, 5.41) is 90.8. The van der Waals surface area contributed by atoms with Gasteiger partial charge in [-0.2, -0.15) is 0 Å². The number of esters is 1. The molecule has 0 unspecified atom stereocenters. The van der Waals surface area contributed by atoms with Crippen LogP contribution in [0.4, 0.5) is 0 Å². The lowest BCUT2D eigenvalue weighted by molar-refractivity contribution is -0.357. The van der Waals surface area contributed by atoms with Crippen LogP contribution in [0.5, 0.6) is 23.0 Å². The van der Waals surface area contributed by atoms with Crippen molar-refractivity contribution in [3.05, 3.63) is 53.6 Å². The first-order chi connectivity index (χ1) is 20.8. The fourth-order valence-electron chi connectivity index (χ4n) is 4.66. The number of phenols is 4. The van der Waals surface area contributed by atoms with Gasteiger partial charge < -0.3 is 69.6 Å². The summed E-state index contributed by atoms with van der Waals surface area (Å²) < 4.78 is 27.7. The summed E-state index contributed by atoms with van der Waals surface area (Å²) in [6, 6.07) is 8.05. The number of rotatable bonds is 10. The molecule has 2 fully saturated rings. The van der Waals surface area contributed by atoms with Crippen LogP contribution in [0.1, 0.15) is 18.1 Å². The number of hydrogen-bond donors (Lipinski definition) is 9. The van der Waals surface area contributed by atoms with Crippen LogP contribution in [0.2, 0.25) is 0 Å². The zero-order chi connectivity index (χ0) is 32.1. The maximum atomic E-state index is 12.4. The number of benzene rings is 2. The molecule has 0 radical (unpaired) electrons. The van der Waals surface area contributed by atoms with Crippen molar-refractivity contribution in [1.82, 2.24) is 0 Å². The molecule has 4 rings (SSSR count). The van der Waals surface area contributed by atoms with Crippen molar-refractivity contribution in [3.8, 4) is 23.0 Å². The zero-order valence-corrected chi connectivity index (χ0v) is 23.5. The Bertz CT molecular complexity index is 1300. The molecule has 2 heterocycles. The molecule has 2 aliphatic heterocycles. The minimum absolute atomic E-state index is 0.0754. The Hall–Kier alpha value is -3.51. The smallest absolute Gasteiger partial charge is 0.330 e. The highest BCUT2D eigenvalue weighted by atomic mass is 16.7. The average molecular weight is 625 g/mol. The average Bonchev–Trinajstić information content (AvgIpc) is 2.99. The van der Waals surface area contributed by atoms with E-state index in [1.807, 2.05) is 0 Å². The van der Waals surface area contributed by atoms with E-state index in [2.05, 4.69) is 0 Å². The zero-order valence-electron chi connectivity index (χ0n) is 23.5. The van der Waals surface area contributed by atoms with Gasteiger partial charge in [-0.05, 0) is 54.8 Å². The fourth-order valence-corrected chi connectivity index (χ4v) is 4.66. The summed E-state index contributed by atoms with van der Waals surface area (Å²) in [5.74, 6) is -2.23. The number of phenolic OH excluding ortho intramolecular Hbond substituents is 4. The normalized spacial score (nSPS) is 32.5. The molecular weight excluding hydrogens is 588 g/mol. The Balaban J connectivity index is 1.44. The maximum absolute atomic E-state index is 12.4. The fraction of sp³-hybridized carbons (Fsp3) is 0.483. The van der Waals surface area contributed by atoms with Gasteiger partial charge in [0.1, 0.15) is 49.3 Å². The molecule has 0 bridgehead atoms. The van der Waals surface area contributed by atoms with E-state index in [4.69, 9.17) is 23.7 Å². The summed E-state index contributed by atoms with van der Waals surface area (Å²) in [6.07, 6.45) is -12.5. The number of ether oxygens (including phenoxy) is 5. The summed E-state index contributed by atoms with van der Waals surface area (Å²) in [4.78, 5) is 12.4. The van der Waals surface area contributed by atoms with Crippen molar-refractivity contribution in [2.24, 2.45) is 0 Å². The molecule has 0 aromatic heterocycles. The Morgan fingerprint density at radius 3 is 2.16 bits per heavy atom. The minimum Gasteiger partial charge on any atom is -0.504 e. The molecule has 9 N–H and O–H groups in total. The second kappa shape index (κ2) is 14.5. The van der Waals surface area contributed by atoms with Crippen molar-refractivity contribution in [3.63, 3.8) is 0 Å². The van der Waals surface area contributed by atoms with Crippen LogP contribution >= 0.6 is 0 Å². The minimum atomic E-state index is -1.74. The highest BCUT2D eigenvalue weighted by Gasteiger charge is 2.50. The molecule has 2 saturated heterocycles. The molecule has 2 aromatic carbocycles. The molecule has 0 spiro atoms. The van der Waals surface area contributed by atoms with Crippen LogP contribution in [-0.2, 0) is 34.9 Å². The number of carbonyl (C=O) groups excluding carboxylic acids is 1. The molecule has 0 saturated carbocycles. The van der Waals surface area contributed by atoms with Crippen LogP contribution in [0.15, 0.2) is 42.5 Å². The number of aliphatic hydroxyl groups excluding tert-OH is 5. The first kappa shape index (κ1) is 33.4. The van der Waals surface area contributed by atoms with E-state index in [1.165, 1.54) is 43.3 Å². The van der Waals surface area contributed by atoms with Crippen molar-refractivity contribution in [2.75, 3.05) is 13.2 Å². The third-order valence-electron chi connectivity index (χ3n) is 7.26. The van der Waals surface area contributed by atoms with Gasteiger partial charge in [-0.25, -0.2) is 4.79 Å². The molecular formula is C29H36O15. The SMILES string of the molecule is C[C@@H]1O[C@@H](O[C@@H]2[C@H](O)[C@@H](OCCc3ccc(O)c(O)c3)O[C@H](COC(=O)/C=C/c3ccc(O)c(O)c3)[C@H]2O)[C@H](O)[C@H](O)[C@H]1O. The van der Waals surface area contributed by atoms with Gasteiger partial charge in [0.2, 0.25) is 0 Å². The first-order valence-electron chi connectivity index (χ1n) is 13.7. The second-order valence-corrected chi connectivity index (χ2v) is 10.5. The Morgan fingerprint density at radius 2 is 1.48 bits per heavy atom. The van der Waals surface area contributed by atoms with E-state index in [9.17, 15) is 50.8 Å². The van der Waals surface area contributed by atoms with Gasteiger partial charge in [-0.3, -0.25) is 0 Å². The molecule has 2 aliphatic rings. The standard InChI is InChI=1S/C29H36O15/c1-13-22(35)24(37)25(38)29(42-13)44-27-23(36)20(12-41-21(34)7-4-14-2-5-16(30)18(32)10-14)43-28(26(27)39)40-9-8-15-3-6-17(31)19(33)11-15/h2-7,10-11,13,20,22-33,35-39H,8-9,12H2,1H3/b7-4+/t13-,20+,22-,23+,24+,25+,26-,27-,28-,29-/m0/s1. The molecule has 0 aliphatic carbocycles. The predicted molar refractivity (Wildman–Crippen MR) is 147 cm³/mol. The topological polar surface area (TPSA) is 245 Å². The third-order valence-corrected chi connectivity index (χ3v) is 7.26. The van der Waals surface area contributed by atoms with E-state index in [-0.39, 0.29) is 36.0 Å². The van der Waals surface area contributed by atoms with Gasteiger partial charge in [0.05, 0.1) is 12.7 Å². The first-order valence-corrected chi connectivity index (χ1v) is 13.7. The predicted octanol–water partition coefficient (Wildman–Crippen LogP) is -1.02. The van der Waals surface area contributed by atoms with E-state index in [1.54, 1.807) is 6.07 Å². The highest BCUT2D eigenvalue weighted by molar-refractivity contribution is 5.87.